The number of methoxy groups -OCH3 is 1. The van der Waals surface area contributed by atoms with Crippen LogP contribution in [0.15, 0.2) is 18.2 Å². The molecule has 0 radical (unpaired) electrons. The summed E-state index contributed by atoms with van der Waals surface area (Å²) in [5.41, 5.74) is 1.16. The molecule has 0 bridgehead atoms. The van der Waals surface area contributed by atoms with Crippen molar-refractivity contribution in [3.8, 4) is 5.75 Å². The number of aryl methyl sites for hydroxylation is 1. The van der Waals surface area contributed by atoms with E-state index in [2.05, 4.69) is 0 Å². The topological polar surface area (TPSA) is 66.8 Å². The van der Waals surface area contributed by atoms with Crippen LogP contribution in [0.2, 0.25) is 0 Å². The maximum atomic E-state index is 12.4. The zero-order valence-electron chi connectivity index (χ0n) is 11.9. The second-order valence-corrected chi connectivity index (χ2v) is 5.34. The number of ether oxygens (including phenoxy) is 1. The molecule has 2 atom stereocenters. The van der Waals surface area contributed by atoms with Gasteiger partial charge < -0.3 is 14.7 Å². The molecule has 1 saturated heterocycles. The summed E-state index contributed by atoms with van der Waals surface area (Å²) in [6.07, 6.45) is 0. The summed E-state index contributed by atoms with van der Waals surface area (Å²) in [5.74, 6) is -0.804. The molecule has 108 valence electrons. The molecule has 1 aliphatic heterocycles. The van der Waals surface area contributed by atoms with Crippen LogP contribution in [0.4, 0.5) is 0 Å². The maximum Gasteiger partial charge on any atom is 0.310 e. The monoisotopic (exact) mass is 277 g/mol. The average molecular weight is 277 g/mol. The Morgan fingerprint density at radius 3 is 2.65 bits per heavy atom. The fourth-order valence-corrected chi connectivity index (χ4v) is 2.58. The molecule has 0 saturated carbocycles. The zero-order chi connectivity index (χ0) is 14.9. The van der Waals surface area contributed by atoms with Gasteiger partial charge in [-0.05, 0) is 30.5 Å². The van der Waals surface area contributed by atoms with Crippen LogP contribution in [0.5, 0.6) is 5.75 Å². The Kier molecular flexibility index (Phi) is 3.97. The lowest BCUT2D eigenvalue weighted by Crippen LogP contribution is -2.30. The number of hydrogen-bond acceptors (Lipinski definition) is 4. The highest BCUT2D eigenvalue weighted by Crippen LogP contribution is 2.28. The Hall–Kier alpha value is -2.04. The second kappa shape index (κ2) is 5.53. The largest absolute Gasteiger partial charge is 0.507 e. The molecule has 2 unspecified atom stereocenters. The number of likely N-dealkylation sites (tertiary alicyclic amines) is 1. The molecule has 1 heterocycles. The normalized spacial score (nSPS) is 21.9. The molecule has 1 amide bonds. The number of amides is 1. The van der Waals surface area contributed by atoms with Gasteiger partial charge in [0.25, 0.3) is 5.91 Å². The lowest BCUT2D eigenvalue weighted by molar-refractivity contribution is -0.146. The third-order valence-corrected chi connectivity index (χ3v) is 3.79. The lowest BCUT2D eigenvalue weighted by atomic mass is 9.99. The number of nitrogens with zero attached hydrogens (tertiary/aromatic N) is 1. The Labute approximate surface area is 118 Å². The van der Waals surface area contributed by atoms with Gasteiger partial charge in [-0.15, -0.1) is 0 Å². The van der Waals surface area contributed by atoms with Crippen LogP contribution in [-0.4, -0.2) is 42.1 Å². The summed E-state index contributed by atoms with van der Waals surface area (Å²) in [6.45, 7) is 4.59. The minimum atomic E-state index is -0.295. The van der Waals surface area contributed by atoms with Crippen molar-refractivity contribution in [2.45, 2.75) is 13.8 Å². The SMILES string of the molecule is COC(=O)C1CN(C(=O)c2ccc(C)cc2O)CC1C. The van der Waals surface area contributed by atoms with Crippen molar-refractivity contribution in [2.24, 2.45) is 11.8 Å². The van der Waals surface area contributed by atoms with E-state index >= 15 is 0 Å². The average Bonchev–Trinajstić information content (AvgIpc) is 2.79. The fourth-order valence-electron chi connectivity index (χ4n) is 2.58. The molecule has 0 aromatic heterocycles. The van der Waals surface area contributed by atoms with Crippen LogP contribution in [0.25, 0.3) is 0 Å². The summed E-state index contributed by atoms with van der Waals surface area (Å²) in [5, 5.41) is 9.87. The van der Waals surface area contributed by atoms with E-state index in [1.54, 1.807) is 23.1 Å². The zero-order valence-corrected chi connectivity index (χ0v) is 11.9. The van der Waals surface area contributed by atoms with Crippen LogP contribution < -0.4 is 0 Å². The highest BCUT2D eigenvalue weighted by atomic mass is 16.5. The van der Waals surface area contributed by atoms with E-state index < -0.39 is 0 Å². The van der Waals surface area contributed by atoms with E-state index in [1.807, 2.05) is 13.8 Å². The summed E-state index contributed by atoms with van der Waals surface area (Å²) in [4.78, 5) is 25.6. The number of phenolic OH excluding ortho intramolecular Hbond substituents is 1. The maximum absolute atomic E-state index is 12.4. The Bertz CT molecular complexity index is 541. The Balaban J connectivity index is 2.17. The molecule has 1 N–H and O–H groups in total. The number of carbonyl (C=O) groups is 2. The number of carbonyl (C=O) groups excluding carboxylic acids is 2. The number of benzene rings is 1. The van der Waals surface area contributed by atoms with Crippen molar-refractivity contribution in [3.05, 3.63) is 29.3 Å². The lowest BCUT2D eigenvalue weighted by Gasteiger charge is -2.17. The standard InChI is InChI=1S/C15H19NO4/c1-9-4-5-11(13(17)6-9)14(18)16-7-10(2)12(8-16)15(19)20-3/h4-6,10,12,17H,7-8H2,1-3H3. The van der Waals surface area contributed by atoms with Gasteiger partial charge in [0.05, 0.1) is 18.6 Å². The molecule has 20 heavy (non-hydrogen) atoms. The van der Waals surface area contributed by atoms with E-state index in [9.17, 15) is 14.7 Å². The number of rotatable bonds is 2. The predicted octanol–water partition coefficient (Wildman–Crippen LogP) is 1.58. The van der Waals surface area contributed by atoms with Crippen LogP contribution >= 0.6 is 0 Å². The van der Waals surface area contributed by atoms with Crippen molar-refractivity contribution >= 4 is 11.9 Å². The number of esters is 1. The summed E-state index contributed by atoms with van der Waals surface area (Å²) >= 11 is 0. The molecule has 0 aliphatic carbocycles. The summed E-state index contributed by atoms with van der Waals surface area (Å²) in [6, 6.07) is 4.96. The summed E-state index contributed by atoms with van der Waals surface area (Å²) < 4.78 is 4.75. The van der Waals surface area contributed by atoms with E-state index in [0.29, 0.717) is 13.1 Å². The van der Waals surface area contributed by atoms with Crippen LogP contribution in [-0.2, 0) is 9.53 Å². The first-order valence-corrected chi connectivity index (χ1v) is 6.60. The number of phenols is 1. The van der Waals surface area contributed by atoms with Crippen LogP contribution in [0, 0.1) is 18.8 Å². The quantitative estimate of drug-likeness (QED) is 0.833. The molecule has 0 spiro atoms. The minimum absolute atomic E-state index is 0.0239. The van der Waals surface area contributed by atoms with Crippen molar-refractivity contribution in [1.29, 1.82) is 0 Å². The molecule has 1 aromatic carbocycles. The van der Waals surface area contributed by atoms with Gasteiger partial charge in [0, 0.05) is 13.1 Å². The van der Waals surface area contributed by atoms with Gasteiger partial charge >= 0.3 is 5.97 Å². The van der Waals surface area contributed by atoms with Gasteiger partial charge in [-0.1, -0.05) is 13.0 Å². The summed E-state index contributed by atoms with van der Waals surface area (Å²) in [7, 11) is 1.35. The smallest absolute Gasteiger partial charge is 0.310 e. The highest BCUT2D eigenvalue weighted by molar-refractivity contribution is 5.97. The van der Waals surface area contributed by atoms with E-state index in [0.717, 1.165) is 5.56 Å². The molecule has 1 fully saturated rings. The van der Waals surface area contributed by atoms with Crippen molar-refractivity contribution in [2.75, 3.05) is 20.2 Å². The highest BCUT2D eigenvalue weighted by Gasteiger charge is 2.38. The molecule has 1 aromatic rings. The van der Waals surface area contributed by atoms with Gasteiger partial charge in [0.15, 0.2) is 0 Å². The fraction of sp³-hybridized carbons (Fsp3) is 0.467. The van der Waals surface area contributed by atoms with Gasteiger partial charge in [0.2, 0.25) is 0 Å². The van der Waals surface area contributed by atoms with Crippen molar-refractivity contribution < 1.29 is 19.4 Å². The van der Waals surface area contributed by atoms with Crippen LogP contribution in [0.1, 0.15) is 22.8 Å². The first-order chi connectivity index (χ1) is 9.43. The van der Waals surface area contributed by atoms with E-state index in [-0.39, 0.29) is 35.0 Å². The second-order valence-electron chi connectivity index (χ2n) is 5.34. The van der Waals surface area contributed by atoms with Crippen molar-refractivity contribution in [3.63, 3.8) is 0 Å². The van der Waals surface area contributed by atoms with Crippen LogP contribution in [0.3, 0.4) is 0 Å². The van der Waals surface area contributed by atoms with Gasteiger partial charge in [-0.25, -0.2) is 0 Å². The molecule has 2 rings (SSSR count). The first kappa shape index (κ1) is 14.4. The molecular weight excluding hydrogens is 258 g/mol. The van der Waals surface area contributed by atoms with Gasteiger partial charge in [-0.2, -0.15) is 0 Å². The number of aromatic hydroxyl groups is 1. The molecular formula is C15H19NO4. The third kappa shape index (κ3) is 2.61. The van der Waals surface area contributed by atoms with Gasteiger partial charge in [-0.3, -0.25) is 9.59 Å². The third-order valence-electron chi connectivity index (χ3n) is 3.79. The van der Waals surface area contributed by atoms with E-state index in [1.165, 1.54) is 7.11 Å². The molecule has 5 heteroatoms. The molecule has 1 aliphatic rings. The number of hydrogen-bond donors (Lipinski definition) is 1. The minimum Gasteiger partial charge on any atom is -0.507 e. The Morgan fingerprint density at radius 1 is 1.35 bits per heavy atom. The molecule has 5 nitrogen and oxygen atoms in total. The Morgan fingerprint density at radius 2 is 2.05 bits per heavy atom. The van der Waals surface area contributed by atoms with E-state index in [4.69, 9.17) is 4.74 Å². The predicted molar refractivity (Wildman–Crippen MR) is 73.4 cm³/mol. The van der Waals surface area contributed by atoms with Crippen molar-refractivity contribution in [1.82, 2.24) is 4.90 Å². The first-order valence-electron chi connectivity index (χ1n) is 6.60. The van der Waals surface area contributed by atoms with Gasteiger partial charge in [0.1, 0.15) is 5.75 Å².